The van der Waals surface area contributed by atoms with Crippen molar-refractivity contribution in [3.05, 3.63) is 83.4 Å². The number of ether oxygens (including phenoxy) is 2. The smallest absolute Gasteiger partial charge is 0.255 e. The molecule has 0 spiro atoms. The van der Waals surface area contributed by atoms with Crippen molar-refractivity contribution in [2.45, 2.75) is 19.9 Å². The van der Waals surface area contributed by atoms with Crippen LogP contribution in [0.5, 0.6) is 11.5 Å². The molecule has 0 aliphatic heterocycles. The number of rotatable bonds is 8. The van der Waals surface area contributed by atoms with Crippen molar-refractivity contribution >= 4 is 17.3 Å². The van der Waals surface area contributed by atoms with E-state index in [0.717, 1.165) is 17.7 Å². The molecule has 0 aliphatic rings. The lowest BCUT2D eigenvalue weighted by Gasteiger charge is -2.13. The number of aryl methyl sites for hydroxylation is 1. The Morgan fingerprint density at radius 3 is 2.48 bits per heavy atom. The summed E-state index contributed by atoms with van der Waals surface area (Å²) in [4.78, 5) is 12.8. The van der Waals surface area contributed by atoms with Crippen molar-refractivity contribution < 1.29 is 14.3 Å². The molecule has 0 fully saturated rings. The van der Waals surface area contributed by atoms with Gasteiger partial charge in [-0.3, -0.25) is 4.79 Å². The largest absolute Gasteiger partial charge is 0.497 e. The third-order valence-electron chi connectivity index (χ3n) is 4.73. The van der Waals surface area contributed by atoms with E-state index < -0.39 is 0 Å². The first-order valence-corrected chi connectivity index (χ1v) is 9.58. The van der Waals surface area contributed by atoms with Gasteiger partial charge in [0.25, 0.3) is 5.91 Å². The van der Waals surface area contributed by atoms with Crippen molar-refractivity contribution in [1.29, 1.82) is 0 Å². The zero-order valence-electron chi connectivity index (χ0n) is 17.0. The van der Waals surface area contributed by atoms with Crippen LogP contribution in [0.2, 0.25) is 0 Å². The number of amides is 1. The summed E-state index contributed by atoms with van der Waals surface area (Å²) < 4.78 is 10.6. The number of carbonyl (C=O) groups is 1. The van der Waals surface area contributed by atoms with Gasteiger partial charge in [-0.1, -0.05) is 37.3 Å². The van der Waals surface area contributed by atoms with Crippen LogP contribution < -0.4 is 20.1 Å². The van der Waals surface area contributed by atoms with E-state index in [1.807, 2.05) is 30.3 Å². The molecule has 29 heavy (non-hydrogen) atoms. The minimum atomic E-state index is -0.202. The van der Waals surface area contributed by atoms with Crippen LogP contribution in [0.15, 0.2) is 66.7 Å². The van der Waals surface area contributed by atoms with Crippen molar-refractivity contribution in [1.82, 2.24) is 0 Å². The quantitative estimate of drug-likeness (QED) is 0.560. The summed E-state index contributed by atoms with van der Waals surface area (Å²) in [5.41, 5.74) is 4.56. The molecule has 0 bridgehead atoms. The second kappa shape index (κ2) is 9.64. The lowest BCUT2D eigenvalue weighted by atomic mass is 10.1. The lowest BCUT2D eigenvalue weighted by Crippen LogP contribution is -2.13. The average molecular weight is 390 g/mol. The molecule has 0 saturated heterocycles. The van der Waals surface area contributed by atoms with Gasteiger partial charge in [-0.05, 0) is 47.9 Å². The van der Waals surface area contributed by atoms with Crippen LogP contribution in [0.1, 0.15) is 28.4 Å². The van der Waals surface area contributed by atoms with Crippen molar-refractivity contribution in [2.24, 2.45) is 0 Å². The molecule has 0 unspecified atom stereocenters. The lowest BCUT2D eigenvalue weighted by molar-refractivity contribution is 0.102. The Kier molecular flexibility index (Phi) is 6.74. The van der Waals surface area contributed by atoms with Crippen LogP contribution in [0.3, 0.4) is 0 Å². The first-order valence-electron chi connectivity index (χ1n) is 9.58. The Hall–Kier alpha value is -3.47. The van der Waals surface area contributed by atoms with Gasteiger partial charge in [0.2, 0.25) is 0 Å². The summed E-state index contributed by atoms with van der Waals surface area (Å²) in [6.07, 6.45) is 0.966. The predicted octanol–water partition coefficient (Wildman–Crippen LogP) is 5.13. The minimum absolute atomic E-state index is 0.202. The maximum Gasteiger partial charge on any atom is 0.255 e. The summed E-state index contributed by atoms with van der Waals surface area (Å²) in [5, 5.41) is 6.37. The SMILES string of the molecule is CCc1ccccc1NCc1cccc(C(=O)Nc2cc(OC)ccc2OC)c1. The van der Waals surface area contributed by atoms with E-state index in [0.29, 0.717) is 29.3 Å². The third-order valence-corrected chi connectivity index (χ3v) is 4.73. The van der Waals surface area contributed by atoms with Crippen LogP contribution in [-0.2, 0) is 13.0 Å². The van der Waals surface area contributed by atoms with Gasteiger partial charge in [-0.2, -0.15) is 0 Å². The molecule has 3 rings (SSSR count). The first kappa shape index (κ1) is 20.3. The van der Waals surface area contributed by atoms with E-state index in [-0.39, 0.29) is 5.91 Å². The number of para-hydroxylation sites is 1. The monoisotopic (exact) mass is 390 g/mol. The van der Waals surface area contributed by atoms with Crippen LogP contribution in [-0.4, -0.2) is 20.1 Å². The zero-order chi connectivity index (χ0) is 20.6. The van der Waals surface area contributed by atoms with E-state index in [4.69, 9.17) is 9.47 Å². The molecule has 0 aromatic heterocycles. The molecule has 0 atom stereocenters. The number of anilines is 2. The molecule has 0 aliphatic carbocycles. The van der Waals surface area contributed by atoms with Gasteiger partial charge >= 0.3 is 0 Å². The van der Waals surface area contributed by atoms with Gasteiger partial charge in [0.05, 0.1) is 19.9 Å². The summed E-state index contributed by atoms with van der Waals surface area (Å²) >= 11 is 0. The third kappa shape index (κ3) is 5.08. The van der Waals surface area contributed by atoms with Gasteiger partial charge in [0, 0.05) is 23.9 Å². The van der Waals surface area contributed by atoms with Gasteiger partial charge in [0.15, 0.2) is 0 Å². The predicted molar refractivity (Wildman–Crippen MR) is 117 cm³/mol. The highest BCUT2D eigenvalue weighted by Gasteiger charge is 2.12. The molecule has 5 nitrogen and oxygen atoms in total. The Balaban J connectivity index is 1.73. The summed E-state index contributed by atoms with van der Waals surface area (Å²) in [5.74, 6) is 1.02. The van der Waals surface area contributed by atoms with E-state index >= 15 is 0 Å². The molecular formula is C24H26N2O3. The van der Waals surface area contributed by atoms with Gasteiger partial charge < -0.3 is 20.1 Å². The minimum Gasteiger partial charge on any atom is -0.497 e. The Morgan fingerprint density at radius 2 is 1.72 bits per heavy atom. The first-order chi connectivity index (χ1) is 14.1. The second-order valence-corrected chi connectivity index (χ2v) is 6.58. The molecule has 3 aromatic rings. The molecule has 0 saturated carbocycles. The van der Waals surface area contributed by atoms with E-state index in [1.54, 1.807) is 38.5 Å². The molecule has 150 valence electrons. The highest BCUT2D eigenvalue weighted by atomic mass is 16.5. The summed E-state index contributed by atoms with van der Waals surface area (Å²) in [6.45, 7) is 2.78. The van der Waals surface area contributed by atoms with Crippen LogP contribution >= 0.6 is 0 Å². The Labute approximate surface area is 171 Å². The number of carbonyl (C=O) groups excluding carboxylic acids is 1. The van der Waals surface area contributed by atoms with Crippen LogP contribution in [0.4, 0.5) is 11.4 Å². The normalized spacial score (nSPS) is 10.3. The standard InChI is InChI=1S/C24H26N2O3/c1-4-18-9-5-6-11-21(18)25-16-17-8-7-10-19(14-17)24(27)26-22-15-20(28-2)12-13-23(22)29-3/h5-15,25H,4,16H2,1-3H3,(H,26,27). The molecular weight excluding hydrogens is 364 g/mol. The van der Waals surface area contributed by atoms with Gasteiger partial charge in [-0.25, -0.2) is 0 Å². The van der Waals surface area contributed by atoms with Crippen molar-refractivity contribution in [2.75, 3.05) is 24.9 Å². The van der Waals surface area contributed by atoms with E-state index in [1.165, 1.54) is 5.56 Å². The number of hydrogen-bond acceptors (Lipinski definition) is 4. The molecule has 0 radical (unpaired) electrons. The number of nitrogens with one attached hydrogen (secondary N) is 2. The summed E-state index contributed by atoms with van der Waals surface area (Å²) in [6, 6.07) is 21.1. The van der Waals surface area contributed by atoms with Gasteiger partial charge in [-0.15, -0.1) is 0 Å². The van der Waals surface area contributed by atoms with Gasteiger partial charge in [0.1, 0.15) is 11.5 Å². The number of hydrogen-bond donors (Lipinski definition) is 2. The molecule has 2 N–H and O–H groups in total. The molecule has 0 heterocycles. The summed E-state index contributed by atoms with van der Waals surface area (Å²) in [7, 11) is 3.15. The molecule has 1 amide bonds. The van der Waals surface area contributed by atoms with E-state index in [2.05, 4.69) is 29.7 Å². The second-order valence-electron chi connectivity index (χ2n) is 6.58. The highest BCUT2D eigenvalue weighted by molar-refractivity contribution is 6.05. The number of methoxy groups -OCH3 is 2. The topological polar surface area (TPSA) is 59.6 Å². The molecule has 3 aromatic carbocycles. The number of benzene rings is 3. The van der Waals surface area contributed by atoms with Crippen molar-refractivity contribution in [3.63, 3.8) is 0 Å². The fraction of sp³-hybridized carbons (Fsp3) is 0.208. The van der Waals surface area contributed by atoms with Crippen LogP contribution in [0, 0.1) is 0 Å². The van der Waals surface area contributed by atoms with Crippen LogP contribution in [0.25, 0.3) is 0 Å². The van der Waals surface area contributed by atoms with E-state index in [9.17, 15) is 4.79 Å². The Morgan fingerprint density at radius 1 is 0.897 bits per heavy atom. The Bertz CT molecular complexity index is 985. The highest BCUT2D eigenvalue weighted by Crippen LogP contribution is 2.29. The maximum absolute atomic E-state index is 12.8. The maximum atomic E-state index is 12.8. The fourth-order valence-electron chi connectivity index (χ4n) is 3.13. The van der Waals surface area contributed by atoms with Crippen molar-refractivity contribution in [3.8, 4) is 11.5 Å². The molecule has 5 heteroatoms. The average Bonchev–Trinajstić information content (AvgIpc) is 2.77. The fourth-order valence-corrected chi connectivity index (χ4v) is 3.13. The zero-order valence-corrected chi connectivity index (χ0v) is 17.0.